The zero-order valence-corrected chi connectivity index (χ0v) is 14.5. The van der Waals surface area contributed by atoms with E-state index in [9.17, 15) is 22.8 Å². The quantitative estimate of drug-likeness (QED) is 0.844. The van der Waals surface area contributed by atoms with Crippen molar-refractivity contribution in [1.82, 2.24) is 5.32 Å². The lowest BCUT2D eigenvalue weighted by Crippen LogP contribution is -2.55. The van der Waals surface area contributed by atoms with E-state index in [0.717, 1.165) is 6.07 Å². The van der Waals surface area contributed by atoms with Gasteiger partial charge in [0.1, 0.15) is 11.1 Å². The fourth-order valence-corrected chi connectivity index (χ4v) is 3.09. The Kier molecular flexibility index (Phi) is 5.16. The third-order valence-corrected chi connectivity index (χ3v) is 4.09. The largest absolute Gasteiger partial charge is 0.444 e. The molecule has 1 aliphatic rings. The highest BCUT2D eigenvalue weighted by Crippen LogP contribution is 2.42. The Balaban J connectivity index is 2.51. The molecule has 7 heteroatoms. The highest BCUT2D eigenvalue weighted by atomic mass is 19.4. The second-order valence-corrected chi connectivity index (χ2v) is 7.21. The van der Waals surface area contributed by atoms with Gasteiger partial charge in [-0.2, -0.15) is 13.2 Å². The fraction of sp³-hybridized carbons (Fsp3) is 0.556. The van der Waals surface area contributed by atoms with E-state index in [1.54, 1.807) is 20.8 Å². The molecule has 1 saturated carbocycles. The van der Waals surface area contributed by atoms with Crippen LogP contribution in [0.25, 0.3) is 0 Å². The van der Waals surface area contributed by atoms with Gasteiger partial charge in [-0.25, -0.2) is 4.79 Å². The third kappa shape index (κ3) is 4.32. The van der Waals surface area contributed by atoms with E-state index < -0.39 is 34.8 Å². The topological polar surface area (TPSA) is 55.4 Å². The van der Waals surface area contributed by atoms with Gasteiger partial charge >= 0.3 is 12.3 Å². The lowest BCUT2D eigenvalue weighted by atomic mass is 9.74. The number of halogens is 3. The lowest BCUT2D eigenvalue weighted by molar-refractivity contribution is -0.140. The first kappa shape index (κ1) is 19.3. The first-order valence-electron chi connectivity index (χ1n) is 8.17. The van der Waals surface area contributed by atoms with Gasteiger partial charge in [-0.05, 0) is 51.7 Å². The number of benzene rings is 1. The highest BCUT2D eigenvalue weighted by Gasteiger charge is 2.48. The van der Waals surface area contributed by atoms with Gasteiger partial charge in [0.2, 0.25) is 0 Å². The lowest BCUT2D eigenvalue weighted by Gasteiger charge is -2.38. The van der Waals surface area contributed by atoms with Gasteiger partial charge in [-0.3, -0.25) is 4.79 Å². The Bertz CT molecular complexity index is 664. The minimum absolute atomic E-state index is 0.109. The smallest absolute Gasteiger partial charge is 0.416 e. The molecule has 0 aliphatic heterocycles. The summed E-state index contributed by atoms with van der Waals surface area (Å²) in [5.74, 6) is -0.429. The number of alkyl carbamates (subject to hydrolysis) is 1. The summed E-state index contributed by atoms with van der Waals surface area (Å²) in [5.41, 5.74) is -3.68. The summed E-state index contributed by atoms with van der Waals surface area (Å²) in [5, 5.41) is 2.46. The van der Waals surface area contributed by atoms with Crippen molar-refractivity contribution in [3.8, 4) is 0 Å². The number of hydrogen-bond donors (Lipinski definition) is 1. The summed E-state index contributed by atoms with van der Waals surface area (Å²) < 4.78 is 45.5. The minimum Gasteiger partial charge on any atom is -0.444 e. The molecule has 2 rings (SSSR count). The van der Waals surface area contributed by atoms with Gasteiger partial charge in [0, 0.05) is 6.42 Å². The number of carbonyl (C=O) groups excluding carboxylic acids is 2. The average Bonchev–Trinajstić information content (AvgIpc) is 2.47. The van der Waals surface area contributed by atoms with Gasteiger partial charge in [0.05, 0.1) is 5.56 Å². The molecular weight excluding hydrogens is 335 g/mol. The molecule has 0 spiro atoms. The van der Waals surface area contributed by atoms with E-state index in [-0.39, 0.29) is 18.4 Å². The molecule has 0 heterocycles. The van der Waals surface area contributed by atoms with Crippen LogP contribution in [0.3, 0.4) is 0 Å². The summed E-state index contributed by atoms with van der Waals surface area (Å²) >= 11 is 0. The molecule has 1 fully saturated rings. The molecule has 1 aromatic carbocycles. The van der Waals surface area contributed by atoms with Crippen LogP contribution in [0.1, 0.15) is 57.6 Å². The second-order valence-electron chi connectivity index (χ2n) is 7.21. The molecule has 1 N–H and O–H groups in total. The SMILES string of the molecule is CC(C)(C)OC(=O)N[C@]1(c2ccccc2C(F)(F)F)CCCCC1=O. The number of nitrogens with one attached hydrogen (secondary N) is 1. The van der Waals surface area contributed by atoms with Crippen molar-refractivity contribution < 1.29 is 27.5 Å². The molecule has 0 aromatic heterocycles. The summed E-state index contributed by atoms with van der Waals surface area (Å²) in [6.07, 6.45) is -4.19. The van der Waals surface area contributed by atoms with Crippen molar-refractivity contribution in [3.63, 3.8) is 0 Å². The normalized spacial score (nSPS) is 21.8. The van der Waals surface area contributed by atoms with Crippen LogP contribution in [0.2, 0.25) is 0 Å². The van der Waals surface area contributed by atoms with Crippen molar-refractivity contribution in [1.29, 1.82) is 0 Å². The molecule has 1 atom stereocenters. The molecule has 0 saturated heterocycles. The standard InChI is InChI=1S/C18H22F3NO3/c1-16(2,3)25-15(24)22-17(11-7-6-10-14(17)23)12-8-4-5-9-13(12)18(19,20)21/h4-5,8-9H,6-7,10-11H2,1-3H3,(H,22,24)/t17-/m0/s1. The van der Waals surface area contributed by atoms with Crippen molar-refractivity contribution in [2.24, 2.45) is 0 Å². The number of ether oxygens (including phenoxy) is 1. The van der Waals surface area contributed by atoms with Gasteiger partial charge in [0.25, 0.3) is 0 Å². The zero-order chi connectivity index (χ0) is 18.9. The molecule has 4 nitrogen and oxygen atoms in total. The summed E-state index contributed by atoms with van der Waals surface area (Å²) in [4.78, 5) is 24.9. The van der Waals surface area contributed by atoms with E-state index >= 15 is 0 Å². The van der Waals surface area contributed by atoms with E-state index in [1.807, 2.05) is 0 Å². The maximum Gasteiger partial charge on any atom is 0.416 e. The molecule has 0 radical (unpaired) electrons. The predicted octanol–water partition coefficient (Wildman–Crippen LogP) is 4.57. The Hall–Kier alpha value is -2.05. The molecule has 0 unspecified atom stereocenters. The second kappa shape index (κ2) is 6.69. The van der Waals surface area contributed by atoms with Crippen LogP contribution in [0.15, 0.2) is 24.3 Å². The maximum atomic E-state index is 13.5. The third-order valence-electron chi connectivity index (χ3n) is 4.09. The average molecular weight is 357 g/mol. The van der Waals surface area contributed by atoms with Crippen molar-refractivity contribution >= 4 is 11.9 Å². The van der Waals surface area contributed by atoms with Crippen molar-refractivity contribution in [2.75, 3.05) is 0 Å². The number of rotatable bonds is 2. The van der Waals surface area contributed by atoms with Crippen LogP contribution in [0.5, 0.6) is 0 Å². The molecule has 138 valence electrons. The Labute approximate surface area is 144 Å². The summed E-state index contributed by atoms with van der Waals surface area (Å²) in [7, 11) is 0. The first-order chi connectivity index (χ1) is 11.5. The number of alkyl halides is 3. The summed E-state index contributed by atoms with van der Waals surface area (Å²) in [6, 6.07) is 4.88. The van der Waals surface area contributed by atoms with E-state index in [1.165, 1.54) is 18.2 Å². The number of carbonyl (C=O) groups is 2. The number of amides is 1. The van der Waals surface area contributed by atoms with Crippen LogP contribution in [0.4, 0.5) is 18.0 Å². The van der Waals surface area contributed by atoms with Crippen molar-refractivity contribution in [2.45, 2.75) is 63.8 Å². The molecule has 1 aromatic rings. The number of hydrogen-bond acceptors (Lipinski definition) is 3. The molecule has 1 aliphatic carbocycles. The van der Waals surface area contributed by atoms with Crippen molar-refractivity contribution in [3.05, 3.63) is 35.4 Å². The Morgan fingerprint density at radius 1 is 1.16 bits per heavy atom. The van der Waals surface area contributed by atoms with E-state index in [0.29, 0.717) is 12.8 Å². The molecule has 1 amide bonds. The van der Waals surface area contributed by atoms with Crippen LogP contribution in [-0.4, -0.2) is 17.5 Å². The summed E-state index contributed by atoms with van der Waals surface area (Å²) in [6.45, 7) is 4.93. The van der Waals surface area contributed by atoms with Gasteiger partial charge < -0.3 is 10.1 Å². The fourth-order valence-electron chi connectivity index (χ4n) is 3.09. The Morgan fingerprint density at radius 3 is 2.36 bits per heavy atom. The van der Waals surface area contributed by atoms with Crippen LogP contribution in [-0.2, 0) is 21.2 Å². The number of ketones is 1. The first-order valence-corrected chi connectivity index (χ1v) is 8.17. The zero-order valence-electron chi connectivity index (χ0n) is 14.5. The van der Waals surface area contributed by atoms with Gasteiger partial charge in [-0.15, -0.1) is 0 Å². The van der Waals surface area contributed by atoms with E-state index in [2.05, 4.69) is 5.32 Å². The minimum atomic E-state index is -4.63. The Morgan fingerprint density at radius 2 is 1.80 bits per heavy atom. The predicted molar refractivity (Wildman–Crippen MR) is 86.0 cm³/mol. The van der Waals surface area contributed by atoms with E-state index in [4.69, 9.17) is 4.74 Å². The van der Waals surface area contributed by atoms with Crippen LogP contribution < -0.4 is 5.32 Å². The van der Waals surface area contributed by atoms with Gasteiger partial charge in [0.15, 0.2) is 5.78 Å². The van der Waals surface area contributed by atoms with Gasteiger partial charge in [-0.1, -0.05) is 18.2 Å². The highest BCUT2D eigenvalue weighted by molar-refractivity contribution is 5.93. The molecule has 25 heavy (non-hydrogen) atoms. The monoisotopic (exact) mass is 357 g/mol. The van der Waals surface area contributed by atoms with Crippen LogP contribution in [0, 0.1) is 0 Å². The maximum absolute atomic E-state index is 13.5. The van der Waals surface area contributed by atoms with Crippen LogP contribution >= 0.6 is 0 Å². The molecular formula is C18H22F3NO3. The molecule has 0 bridgehead atoms. The number of Topliss-reactive ketones (excluding diaryl/α,β-unsaturated/α-hetero) is 1.